The van der Waals surface area contributed by atoms with E-state index in [1.165, 1.54) is 23.7 Å². The van der Waals surface area contributed by atoms with Crippen molar-refractivity contribution in [3.05, 3.63) is 78.2 Å². The molecular formula is C24H22N6O4S. The lowest BCUT2D eigenvalue weighted by molar-refractivity contribution is -0.115. The second-order valence-corrected chi connectivity index (χ2v) is 8.01. The number of aromatic amines is 1. The van der Waals surface area contributed by atoms with Crippen molar-refractivity contribution in [1.29, 1.82) is 0 Å². The number of anilines is 3. The Morgan fingerprint density at radius 2 is 1.83 bits per heavy atom. The van der Waals surface area contributed by atoms with E-state index in [1.807, 2.05) is 12.3 Å². The van der Waals surface area contributed by atoms with Gasteiger partial charge in [0.15, 0.2) is 10.9 Å². The lowest BCUT2D eigenvalue weighted by Gasteiger charge is -2.08. The van der Waals surface area contributed by atoms with Crippen LogP contribution in [-0.2, 0) is 9.53 Å². The minimum atomic E-state index is -0.452. The van der Waals surface area contributed by atoms with E-state index in [9.17, 15) is 9.59 Å². The van der Waals surface area contributed by atoms with Gasteiger partial charge in [-0.25, -0.2) is 14.8 Å². The number of aryl methyl sites for hydroxylation is 1. The van der Waals surface area contributed by atoms with Crippen LogP contribution in [0.5, 0.6) is 11.5 Å². The number of carbonyl (C=O) groups excluding carboxylic acids is 2. The number of H-pyrrole nitrogens is 1. The Morgan fingerprint density at radius 3 is 2.51 bits per heavy atom. The van der Waals surface area contributed by atoms with E-state index in [2.05, 4.69) is 37.5 Å². The summed E-state index contributed by atoms with van der Waals surface area (Å²) >= 11 is 1.36. The molecule has 0 unspecified atom stereocenters. The third-order valence-electron chi connectivity index (χ3n) is 4.57. The van der Waals surface area contributed by atoms with Crippen LogP contribution < -0.4 is 20.7 Å². The van der Waals surface area contributed by atoms with Crippen LogP contribution in [-0.4, -0.2) is 26.9 Å². The maximum absolute atomic E-state index is 12.2. The predicted octanol–water partition coefficient (Wildman–Crippen LogP) is 5.77. The van der Waals surface area contributed by atoms with Crippen LogP contribution in [0.15, 0.2) is 72.5 Å². The van der Waals surface area contributed by atoms with Crippen molar-refractivity contribution in [2.24, 2.45) is 0 Å². The zero-order valence-electron chi connectivity index (χ0n) is 18.9. The van der Waals surface area contributed by atoms with Crippen LogP contribution in [0.4, 0.5) is 21.6 Å². The van der Waals surface area contributed by atoms with Crippen LogP contribution in [0.3, 0.4) is 0 Å². The summed E-state index contributed by atoms with van der Waals surface area (Å²) in [7, 11) is 0. The fraction of sp³-hybridized carbons (Fsp3) is 0.0833. The molecule has 0 saturated heterocycles. The molecule has 11 heteroatoms. The summed E-state index contributed by atoms with van der Waals surface area (Å²) in [6.07, 6.45) is 2.71. The first kappa shape index (κ1) is 23.5. The molecular weight excluding hydrogens is 468 g/mol. The standard InChI is InChI=1S/C24H22N6O4S/c1-4-20(33-5-2)21(31)29-22-27-18-11-10-17(12-19(18)28-22)34-16-8-6-15(7-9-16)26-23(32)30-24-25-14(3)13-35-24/h4-13H,2H2,1,3H3,(H2,25,26,30,32)(H2,27,28,29,31)/b20-4-. The predicted molar refractivity (Wildman–Crippen MR) is 136 cm³/mol. The van der Waals surface area contributed by atoms with E-state index in [1.54, 1.807) is 49.4 Å². The highest BCUT2D eigenvalue weighted by atomic mass is 32.1. The van der Waals surface area contributed by atoms with Gasteiger partial charge in [-0.05, 0) is 56.3 Å². The maximum atomic E-state index is 12.2. The molecule has 0 spiro atoms. The average molecular weight is 491 g/mol. The third kappa shape index (κ3) is 6.03. The van der Waals surface area contributed by atoms with Crippen molar-refractivity contribution in [3.8, 4) is 11.5 Å². The second-order valence-electron chi connectivity index (χ2n) is 7.16. The number of imidazole rings is 1. The number of rotatable bonds is 8. The Bertz CT molecular complexity index is 1410. The first-order chi connectivity index (χ1) is 16.9. The molecule has 0 aliphatic carbocycles. The molecule has 0 aliphatic rings. The first-order valence-electron chi connectivity index (χ1n) is 10.5. The zero-order chi connectivity index (χ0) is 24.8. The van der Waals surface area contributed by atoms with Crippen LogP contribution in [0.2, 0.25) is 0 Å². The number of nitrogens with one attached hydrogen (secondary N) is 4. The number of ether oxygens (including phenoxy) is 2. The number of aromatic nitrogens is 3. The molecule has 2 aromatic heterocycles. The quantitative estimate of drug-likeness (QED) is 0.183. The van der Waals surface area contributed by atoms with Crippen molar-refractivity contribution >= 4 is 51.1 Å². The van der Waals surface area contributed by atoms with Gasteiger partial charge in [-0.2, -0.15) is 0 Å². The Morgan fingerprint density at radius 1 is 1.06 bits per heavy atom. The summed E-state index contributed by atoms with van der Waals surface area (Å²) < 4.78 is 11.0. The van der Waals surface area contributed by atoms with Crippen molar-refractivity contribution in [2.75, 3.05) is 16.0 Å². The van der Waals surface area contributed by atoms with Gasteiger partial charge in [-0.3, -0.25) is 15.4 Å². The largest absolute Gasteiger partial charge is 0.460 e. The number of allylic oxidation sites excluding steroid dienone is 1. The molecule has 178 valence electrons. The van der Waals surface area contributed by atoms with Gasteiger partial charge >= 0.3 is 6.03 Å². The third-order valence-corrected chi connectivity index (χ3v) is 5.44. The van der Waals surface area contributed by atoms with Crippen LogP contribution in [0.25, 0.3) is 11.0 Å². The molecule has 0 atom stereocenters. The normalized spacial score (nSPS) is 11.1. The number of carbonyl (C=O) groups is 2. The highest BCUT2D eigenvalue weighted by molar-refractivity contribution is 7.13. The Hall–Kier alpha value is -4.64. The van der Waals surface area contributed by atoms with E-state index in [0.717, 1.165) is 5.69 Å². The van der Waals surface area contributed by atoms with Gasteiger partial charge in [0, 0.05) is 17.1 Å². The van der Waals surface area contributed by atoms with Crippen LogP contribution >= 0.6 is 11.3 Å². The summed E-state index contributed by atoms with van der Waals surface area (Å²) in [6, 6.07) is 11.9. The number of hydrogen-bond acceptors (Lipinski definition) is 7. The maximum Gasteiger partial charge on any atom is 0.325 e. The molecule has 3 amide bonds. The molecule has 0 aliphatic heterocycles. The van der Waals surface area contributed by atoms with Gasteiger partial charge in [0.25, 0.3) is 5.91 Å². The summed E-state index contributed by atoms with van der Waals surface area (Å²) in [5.41, 5.74) is 2.78. The molecule has 0 fully saturated rings. The van der Waals surface area contributed by atoms with Gasteiger partial charge in [-0.1, -0.05) is 6.58 Å². The number of thiazole rings is 1. The number of fused-ring (bicyclic) bond motifs is 1. The number of urea groups is 1. The average Bonchev–Trinajstić information content (AvgIpc) is 3.43. The van der Waals surface area contributed by atoms with Gasteiger partial charge in [-0.15, -0.1) is 11.3 Å². The van der Waals surface area contributed by atoms with E-state index in [-0.39, 0.29) is 17.7 Å². The van der Waals surface area contributed by atoms with Crippen molar-refractivity contribution < 1.29 is 19.1 Å². The van der Waals surface area contributed by atoms with E-state index >= 15 is 0 Å². The fourth-order valence-electron chi connectivity index (χ4n) is 3.04. The first-order valence-corrected chi connectivity index (χ1v) is 11.3. The molecule has 2 aromatic carbocycles. The number of benzene rings is 2. The van der Waals surface area contributed by atoms with Gasteiger partial charge in [0.05, 0.1) is 23.0 Å². The van der Waals surface area contributed by atoms with Crippen molar-refractivity contribution in [3.63, 3.8) is 0 Å². The number of hydrogen-bond donors (Lipinski definition) is 4. The number of amides is 3. The topological polar surface area (TPSA) is 130 Å². The SMILES string of the molecule is C=CO/C(=C\C)C(=O)Nc1nc2ccc(Oc3ccc(NC(=O)Nc4nc(C)cs4)cc3)cc2[nH]1. The summed E-state index contributed by atoms with van der Waals surface area (Å²) in [5.74, 6) is 1.08. The van der Waals surface area contributed by atoms with Gasteiger partial charge < -0.3 is 19.8 Å². The molecule has 0 radical (unpaired) electrons. The Labute approximate surface area is 204 Å². The van der Waals surface area contributed by atoms with E-state index in [0.29, 0.717) is 33.4 Å². The summed E-state index contributed by atoms with van der Waals surface area (Å²) in [5, 5.41) is 10.5. The van der Waals surface area contributed by atoms with Gasteiger partial charge in [0.1, 0.15) is 11.5 Å². The zero-order valence-corrected chi connectivity index (χ0v) is 19.7. The lowest BCUT2D eigenvalue weighted by atomic mass is 10.3. The molecule has 0 bridgehead atoms. The second kappa shape index (κ2) is 10.5. The van der Waals surface area contributed by atoms with Crippen molar-refractivity contribution in [2.45, 2.75) is 13.8 Å². The van der Waals surface area contributed by atoms with Crippen LogP contribution in [0.1, 0.15) is 12.6 Å². The van der Waals surface area contributed by atoms with Gasteiger partial charge in [0.2, 0.25) is 5.95 Å². The highest BCUT2D eigenvalue weighted by Crippen LogP contribution is 2.27. The van der Waals surface area contributed by atoms with E-state index < -0.39 is 5.91 Å². The molecule has 4 rings (SSSR count). The Balaban J connectivity index is 1.37. The number of nitrogens with zero attached hydrogens (tertiary/aromatic N) is 2. The van der Waals surface area contributed by atoms with E-state index in [4.69, 9.17) is 9.47 Å². The Kier molecular flexibility index (Phi) is 7.07. The smallest absolute Gasteiger partial charge is 0.325 e. The molecule has 4 aromatic rings. The minimum absolute atomic E-state index is 0.109. The molecule has 2 heterocycles. The molecule has 10 nitrogen and oxygen atoms in total. The summed E-state index contributed by atoms with van der Waals surface area (Å²) in [4.78, 5) is 35.9. The fourth-order valence-corrected chi connectivity index (χ4v) is 3.72. The minimum Gasteiger partial charge on any atom is -0.460 e. The molecule has 0 saturated carbocycles. The van der Waals surface area contributed by atoms with Crippen molar-refractivity contribution in [1.82, 2.24) is 15.0 Å². The monoisotopic (exact) mass is 490 g/mol. The molecule has 4 N–H and O–H groups in total. The summed E-state index contributed by atoms with van der Waals surface area (Å²) in [6.45, 7) is 6.99. The lowest BCUT2D eigenvalue weighted by Crippen LogP contribution is -2.19. The molecule has 35 heavy (non-hydrogen) atoms. The highest BCUT2D eigenvalue weighted by Gasteiger charge is 2.13. The van der Waals surface area contributed by atoms with Crippen LogP contribution in [0, 0.1) is 6.92 Å².